The summed E-state index contributed by atoms with van der Waals surface area (Å²) in [7, 11) is 2.02. The third-order valence-electron chi connectivity index (χ3n) is 5.98. The van der Waals surface area contributed by atoms with Crippen LogP contribution in [0.2, 0.25) is 0 Å². The second-order valence-electron chi connectivity index (χ2n) is 7.55. The van der Waals surface area contributed by atoms with Gasteiger partial charge in [0.05, 0.1) is 11.9 Å². The zero-order valence-corrected chi connectivity index (χ0v) is 15.9. The van der Waals surface area contributed by atoms with Crippen LogP contribution >= 0.6 is 0 Å². The Hall–Kier alpha value is -2.43. The quantitative estimate of drug-likeness (QED) is 0.905. The lowest BCUT2D eigenvalue weighted by Crippen LogP contribution is -2.50. The summed E-state index contributed by atoms with van der Waals surface area (Å²) in [5.74, 6) is 1.63. The number of guanidine groups is 1. The highest BCUT2D eigenvalue weighted by molar-refractivity contribution is 5.80. The van der Waals surface area contributed by atoms with Crippen molar-refractivity contribution in [2.45, 2.75) is 57.8 Å². The molecule has 1 aliphatic carbocycles. The molecule has 5 nitrogen and oxygen atoms in total. The summed E-state index contributed by atoms with van der Waals surface area (Å²) >= 11 is 0. The summed E-state index contributed by atoms with van der Waals surface area (Å²) in [6, 6.07) is 9.44. The zero-order chi connectivity index (χ0) is 18.3. The minimum absolute atomic E-state index is 0.0754. The van der Waals surface area contributed by atoms with Gasteiger partial charge in [-0.05, 0) is 30.4 Å². The van der Waals surface area contributed by atoms with E-state index in [4.69, 9.17) is 5.73 Å². The molecule has 0 bridgehead atoms. The van der Waals surface area contributed by atoms with Crippen molar-refractivity contribution >= 4 is 5.96 Å². The molecule has 1 saturated heterocycles. The molecule has 0 spiro atoms. The first kappa shape index (κ1) is 17.0. The second-order valence-corrected chi connectivity index (χ2v) is 7.55. The molecule has 2 aliphatic heterocycles. The standard InChI is InChI=1S/C21H29N5/c1-4-16-9-11-17(12-10-16)14-25-15(2)26(18-7-5-6-8-18)19-13-23-21(22)24(3)20(19)25/h9-13,18,20H,2,4-8,14H2,1,3H3,(H2,22,23). The van der Waals surface area contributed by atoms with E-state index in [0.717, 1.165) is 18.8 Å². The largest absolute Gasteiger partial charge is 0.369 e. The van der Waals surface area contributed by atoms with Crippen LogP contribution in [0.15, 0.2) is 53.6 Å². The lowest BCUT2D eigenvalue weighted by molar-refractivity contribution is 0.189. The normalized spacial score (nSPS) is 23.4. The van der Waals surface area contributed by atoms with Crippen LogP contribution in [0.3, 0.4) is 0 Å². The van der Waals surface area contributed by atoms with Crippen molar-refractivity contribution in [3.63, 3.8) is 0 Å². The molecule has 26 heavy (non-hydrogen) atoms. The van der Waals surface area contributed by atoms with Crippen molar-refractivity contribution in [1.29, 1.82) is 0 Å². The molecule has 1 aromatic carbocycles. The van der Waals surface area contributed by atoms with E-state index in [1.807, 2.05) is 13.2 Å². The van der Waals surface area contributed by atoms with E-state index in [0.29, 0.717) is 12.0 Å². The van der Waals surface area contributed by atoms with Gasteiger partial charge in [0.25, 0.3) is 0 Å². The van der Waals surface area contributed by atoms with Crippen LogP contribution in [0.25, 0.3) is 0 Å². The fraction of sp³-hybridized carbons (Fsp3) is 0.476. The van der Waals surface area contributed by atoms with Crippen LogP contribution in [0.5, 0.6) is 0 Å². The number of rotatable bonds is 4. The Kier molecular flexibility index (Phi) is 4.39. The molecule has 0 amide bonds. The third-order valence-corrected chi connectivity index (χ3v) is 5.98. The molecule has 5 heteroatoms. The maximum absolute atomic E-state index is 6.13. The van der Waals surface area contributed by atoms with Gasteiger partial charge in [0, 0.05) is 19.6 Å². The van der Waals surface area contributed by atoms with Gasteiger partial charge in [0.15, 0.2) is 5.96 Å². The van der Waals surface area contributed by atoms with Crippen molar-refractivity contribution < 1.29 is 0 Å². The van der Waals surface area contributed by atoms with Gasteiger partial charge in [-0.25, -0.2) is 4.99 Å². The molecule has 0 radical (unpaired) electrons. The number of hydrogen-bond donors (Lipinski definition) is 1. The Labute approximate surface area is 156 Å². The summed E-state index contributed by atoms with van der Waals surface area (Å²) in [5.41, 5.74) is 10.0. The topological polar surface area (TPSA) is 48.1 Å². The average molecular weight is 351 g/mol. The summed E-state index contributed by atoms with van der Waals surface area (Å²) < 4.78 is 0. The zero-order valence-electron chi connectivity index (χ0n) is 15.9. The van der Waals surface area contributed by atoms with E-state index >= 15 is 0 Å². The van der Waals surface area contributed by atoms with Crippen LogP contribution < -0.4 is 5.73 Å². The van der Waals surface area contributed by atoms with Crippen LogP contribution in [0.4, 0.5) is 0 Å². The monoisotopic (exact) mass is 351 g/mol. The smallest absolute Gasteiger partial charge is 0.197 e. The van der Waals surface area contributed by atoms with Gasteiger partial charge in [-0.2, -0.15) is 0 Å². The summed E-state index contributed by atoms with van der Waals surface area (Å²) in [6.07, 6.45) is 8.14. The fourth-order valence-electron chi connectivity index (χ4n) is 4.44. The van der Waals surface area contributed by atoms with E-state index < -0.39 is 0 Å². The minimum Gasteiger partial charge on any atom is -0.369 e. The van der Waals surface area contributed by atoms with E-state index in [1.54, 1.807) is 0 Å². The first-order valence-corrected chi connectivity index (χ1v) is 9.69. The third kappa shape index (κ3) is 2.75. The van der Waals surface area contributed by atoms with Crippen molar-refractivity contribution in [3.8, 4) is 0 Å². The summed E-state index contributed by atoms with van der Waals surface area (Å²) in [4.78, 5) is 11.3. The molecule has 4 rings (SSSR count). The number of aryl methyl sites for hydroxylation is 1. The number of fused-ring (bicyclic) bond motifs is 1. The van der Waals surface area contributed by atoms with Gasteiger partial charge in [0.2, 0.25) is 0 Å². The lowest BCUT2D eigenvalue weighted by Gasteiger charge is -2.35. The molecule has 2 heterocycles. The van der Waals surface area contributed by atoms with Crippen molar-refractivity contribution in [2.24, 2.45) is 10.7 Å². The number of hydrogen-bond acceptors (Lipinski definition) is 5. The highest BCUT2D eigenvalue weighted by atomic mass is 15.5. The number of benzene rings is 1. The van der Waals surface area contributed by atoms with Crippen molar-refractivity contribution in [2.75, 3.05) is 7.05 Å². The Morgan fingerprint density at radius 2 is 1.81 bits per heavy atom. The van der Waals surface area contributed by atoms with Crippen LogP contribution in [0, 0.1) is 0 Å². The SMILES string of the molecule is C=C1N(Cc2ccc(CC)cc2)C2C(=CN=C(N)N2C)N1C1CCCC1. The second kappa shape index (κ2) is 6.71. The predicted molar refractivity (Wildman–Crippen MR) is 106 cm³/mol. The van der Waals surface area contributed by atoms with Crippen LogP contribution in [-0.4, -0.2) is 39.9 Å². The Bertz CT molecular complexity index is 742. The number of likely N-dealkylation sites (N-methyl/N-ethyl adjacent to an activating group) is 1. The van der Waals surface area contributed by atoms with Gasteiger partial charge < -0.3 is 20.4 Å². The van der Waals surface area contributed by atoms with Crippen molar-refractivity contribution in [3.05, 3.63) is 59.7 Å². The Morgan fingerprint density at radius 3 is 2.46 bits per heavy atom. The molecule has 1 aromatic rings. The maximum Gasteiger partial charge on any atom is 0.197 e. The highest BCUT2D eigenvalue weighted by Gasteiger charge is 2.45. The first-order chi connectivity index (χ1) is 12.6. The van der Waals surface area contributed by atoms with Gasteiger partial charge >= 0.3 is 0 Å². The predicted octanol–water partition coefficient (Wildman–Crippen LogP) is 3.21. The van der Waals surface area contributed by atoms with E-state index in [-0.39, 0.29) is 6.17 Å². The highest BCUT2D eigenvalue weighted by Crippen LogP contribution is 2.41. The van der Waals surface area contributed by atoms with Gasteiger partial charge in [-0.15, -0.1) is 0 Å². The molecule has 1 atom stereocenters. The summed E-state index contributed by atoms with van der Waals surface area (Å²) in [6.45, 7) is 7.48. The van der Waals surface area contributed by atoms with Crippen molar-refractivity contribution in [1.82, 2.24) is 14.7 Å². The van der Waals surface area contributed by atoms with Crippen LogP contribution in [-0.2, 0) is 13.0 Å². The van der Waals surface area contributed by atoms with Crippen LogP contribution in [0.1, 0.15) is 43.7 Å². The van der Waals surface area contributed by atoms with E-state index in [2.05, 4.69) is 57.5 Å². The molecular weight excluding hydrogens is 322 g/mol. The number of nitrogens with two attached hydrogens (primary N) is 1. The molecule has 138 valence electrons. The van der Waals surface area contributed by atoms with Gasteiger partial charge in [-0.3, -0.25) is 0 Å². The summed E-state index contributed by atoms with van der Waals surface area (Å²) in [5, 5.41) is 0. The number of nitrogens with zero attached hydrogens (tertiary/aromatic N) is 4. The molecular formula is C21H29N5. The van der Waals surface area contributed by atoms with E-state index in [1.165, 1.54) is 42.5 Å². The lowest BCUT2D eigenvalue weighted by atomic mass is 10.1. The first-order valence-electron chi connectivity index (χ1n) is 9.69. The number of aliphatic imine (C=N–C) groups is 1. The van der Waals surface area contributed by atoms with Gasteiger partial charge in [0.1, 0.15) is 12.0 Å². The Morgan fingerprint density at radius 1 is 1.15 bits per heavy atom. The molecule has 2 fully saturated rings. The Balaban J connectivity index is 1.65. The molecule has 0 aromatic heterocycles. The van der Waals surface area contributed by atoms with Gasteiger partial charge in [-0.1, -0.05) is 50.6 Å². The molecule has 1 unspecified atom stereocenters. The molecule has 1 saturated carbocycles. The fourth-order valence-corrected chi connectivity index (χ4v) is 4.44. The molecule has 2 N–H and O–H groups in total. The minimum atomic E-state index is 0.0754. The molecule has 3 aliphatic rings. The van der Waals surface area contributed by atoms with E-state index in [9.17, 15) is 0 Å². The maximum atomic E-state index is 6.13. The average Bonchev–Trinajstić information content (AvgIpc) is 3.26.